The van der Waals surface area contributed by atoms with Crippen molar-refractivity contribution in [3.05, 3.63) is 11.4 Å². The van der Waals surface area contributed by atoms with E-state index in [-0.39, 0.29) is 0 Å². The lowest BCUT2D eigenvalue weighted by Gasteiger charge is -2.13. The second-order valence-corrected chi connectivity index (χ2v) is 5.41. The van der Waals surface area contributed by atoms with Gasteiger partial charge in [0, 0.05) is 38.8 Å². The van der Waals surface area contributed by atoms with E-state index in [4.69, 9.17) is 4.74 Å². The molecule has 1 fully saturated rings. The summed E-state index contributed by atoms with van der Waals surface area (Å²) in [7, 11) is 3.67. The predicted molar refractivity (Wildman–Crippen MR) is 82.5 cm³/mol. The molecule has 1 saturated carbocycles. The van der Waals surface area contributed by atoms with Crippen molar-refractivity contribution >= 4 is 11.6 Å². The van der Waals surface area contributed by atoms with Crippen LogP contribution in [-0.2, 0) is 4.74 Å². The molecule has 0 saturated heterocycles. The molecule has 0 bridgehead atoms. The number of rotatable bonds is 9. The SMILES string of the molecule is CNc1nc(C2CC2)nc(NCCCCCOC)c1C. The van der Waals surface area contributed by atoms with Gasteiger partial charge in [0.05, 0.1) is 0 Å². The van der Waals surface area contributed by atoms with Crippen molar-refractivity contribution in [1.29, 1.82) is 0 Å². The second-order valence-electron chi connectivity index (χ2n) is 5.41. The third-order valence-electron chi connectivity index (χ3n) is 3.66. The average molecular weight is 278 g/mol. The van der Waals surface area contributed by atoms with E-state index >= 15 is 0 Å². The quantitative estimate of drug-likeness (QED) is 0.680. The van der Waals surface area contributed by atoms with Gasteiger partial charge in [-0.2, -0.15) is 0 Å². The molecule has 1 aliphatic rings. The molecule has 0 radical (unpaired) electrons. The zero-order valence-corrected chi connectivity index (χ0v) is 12.8. The van der Waals surface area contributed by atoms with Crippen LogP contribution in [0.2, 0.25) is 0 Å². The molecule has 1 aromatic rings. The van der Waals surface area contributed by atoms with Gasteiger partial charge >= 0.3 is 0 Å². The molecule has 2 rings (SSSR count). The van der Waals surface area contributed by atoms with Crippen LogP contribution in [0.5, 0.6) is 0 Å². The van der Waals surface area contributed by atoms with Crippen molar-refractivity contribution in [3.63, 3.8) is 0 Å². The first kappa shape index (κ1) is 15.0. The van der Waals surface area contributed by atoms with Gasteiger partial charge in [0.15, 0.2) is 0 Å². The molecule has 5 heteroatoms. The Hall–Kier alpha value is -1.36. The molecule has 2 N–H and O–H groups in total. The van der Waals surface area contributed by atoms with Crippen LogP contribution < -0.4 is 10.6 Å². The van der Waals surface area contributed by atoms with E-state index in [1.165, 1.54) is 19.3 Å². The Labute approximate surface area is 121 Å². The maximum Gasteiger partial charge on any atom is 0.136 e. The van der Waals surface area contributed by atoms with E-state index in [9.17, 15) is 0 Å². The standard InChI is InChI=1S/C15H26N4O/c1-11-13(16-2)18-15(12-7-8-12)19-14(11)17-9-5-4-6-10-20-3/h12H,4-10H2,1-3H3,(H2,16,17,18,19). The van der Waals surface area contributed by atoms with E-state index < -0.39 is 0 Å². The second kappa shape index (κ2) is 7.43. The fraction of sp³-hybridized carbons (Fsp3) is 0.733. The van der Waals surface area contributed by atoms with Gasteiger partial charge in [0.1, 0.15) is 17.5 Å². The highest BCUT2D eigenvalue weighted by Crippen LogP contribution is 2.39. The Balaban J connectivity index is 1.90. The van der Waals surface area contributed by atoms with Crippen LogP contribution >= 0.6 is 0 Å². The number of hydrogen-bond donors (Lipinski definition) is 2. The Bertz CT molecular complexity index is 432. The topological polar surface area (TPSA) is 59.1 Å². The van der Waals surface area contributed by atoms with Crippen molar-refractivity contribution in [1.82, 2.24) is 9.97 Å². The van der Waals surface area contributed by atoms with Crippen molar-refractivity contribution in [2.24, 2.45) is 0 Å². The molecular weight excluding hydrogens is 252 g/mol. The van der Waals surface area contributed by atoms with Crippen molar-refractivity contribution < 1.29 is 4.74 Å². The average Bonchev–Trinajstić information content (AvgIpc) is 3.29. The lowest BCUT2D eigenvalue weighted by atomic mass is 10.2. The van der Waals surface area contributed by atoms with Crippen molar-refractivity contribution in [3.8, 4) is 0 Å². The van der Waals surface area contributed by atoms with Gasteiger partial charge in [-0.1, -0.05) is 0 Å². The first-order valence-corrected chi connectivity index (χ1v) is 7.55. The summed E-state index contributed by atoms with van der Waals surface area (Å²) in [5.74, 6) is 3.49. The highest BCUT2D eigenvalue weighted by molar-refractivity contribution is 5.57. The largest absolute Gasteiger partial charge is 0.385 e. The van der Waals surface area contributed by atoms with E-state index in [2.05, 4.69) is 27.5 Å². The monoisotopic (exact) mass is 278 g/mol. The smallest absolute Gasteiger partial charge is 0.136 e. The summed E-state index contributed by atoms with van der Waals surface area (Å²) < 4.78 is 5.06. The summed E-state index contributed by atoms with van der Waals surface area (Å²) in [5.41, 5.74) is 1.11. The van der Waals surface area contributed by atoms with Gasteiger partial charge in [0.2, 0.25) is 0 Å². The van der Waals surface area contributed by atoms with Crippen LogP contribution in [0.4, 0.5) is 11.6 Å². The number of nitrogens with zero attached hydrogens (tertiary/aromatic N) is 2. The van der Waals surface area contributed by atoms with Gasteiger partial charge in [-0.05, 0) is 39.0 Å². The van der Waals surface area contributed by atoms with Crippen molar-refractivity contribution in [2.75, 3.05) is 37.9 Å². The normalized spacial score (nSPS) is 14.3. The van der Waals surface area contributed by atoms with Crippen LogP contribution in [0.1, 0.15) is 49.4 Å². The number of ether oxygens (including phenoxy) is 1. The molecule has 5 nitrogen and oxygen atoms in total. The highest BCUT2D eigenvalue weighted by Gasteiger charge is 2.28. The van der Waals surface area contributed by atoms with Crippen LogP contribution in [-0.4, -0.2) is 37.3 Å². The summed E-state index contributed by atoms with van der Waals surface area (Å²) in [6.07, 6.45) is 5.89. The van der Waals surface area contributed by atoms with Gasteiger partial charge in [-0.3, -0.25) is 0 Å². The highest BCUT2D eigenvalue weighted by atomic mass is 16.5. The molecule has 1 heterocycles. The Kier molecular flexibility index (Phi) is 5.59. The predicted octanol–water partition coefficient (Wildman–Crippen LogP) is 2.93. The molecule has 0 aromatic carbocycles. The van der Waals surface area contributed by atoms with E-state index in [1.54, 1.807) is 7.11 Å². The van der Waals surface area contributed by atoms with Gasteiger partial charge in [-0.25, -0.2) is 9.97 Å². The lowest BCUT2D eigenvalue weighted by Crippen LogP contribution is -2.10. The molecule has 0 unspecified atom stereocenters. The zero-order chi connectivity index (χ0) is 14.4. The number of nitrogens with one attached hydrogen (secondary N) is 2. The fourth-order valence-electron chi connectivity index (χ4n) is 2.23. The van der Waals surface area contributed by atoms with Crippen molar-refractivity contribution in [2.45, 2.75) is 44.9 Å². The molecule has 0 spiro atoms. The van der Waals surface area contributed by atoms with E-state index in [0.29, 0.717) is 5.92 Å². The van der Waals surface area contributed by atoms with Crippen LogP contribution in [0, 0.1) is 6.92 Å². The molecule has 112 valence electrons. The maximum absolute atomic E-state index is 5.06. The Morgan fingerprint density at radius 2 is 1.90 bits per heavy atom. The third-order valence-corrected chi connectivity index (χ3v) is 3.66. The number of aromatic nitrogens is 2. The van der Waals surface area contributed by atoms with Crippen LogP contribution in [0.15, 0.2) is 0 Å². The minimum atomic E-state index is 0.574. The minimum absolute atomic E-state index is 0.574. The van der Waals surface area contributed by atoms with E-state index in [1.807, 2.05) is 7.05 Å². The summed E-state index contributed by atoms with van der Waals surface area (Å²) in [6, 6.07) is 0. The van der Waals surface area contributed by atoms with Gasteiger partial charge in [0.25, 0.3) is 0 Å². The molecular formula is C15H26N4O. The number of anilines is 2. The summed E-state index contributed by atoms with van der Waals surface area (Å²) in [5, 5.41) is 6.63. The molecule has 20 heavy (non-hydrogen) atoms. The molecule has 0 aliphatic heterocycles. The minimum Gasteiger partial charge on any atom is -0.385 e. The first-order chi connectivity index (χ1) is 9.76. The molecule has 0 amide bonds. The van der Waals surface area contributed by atoms with Crippen LogP contribution in [0.3, 0.4) is 0 Å². The summed E-state index contributed by atoms with van der Waals surface area (Å²) >= 11 is 0. The lowest BCUT2D eigenvalue weighted by molar-refractivity contribution is 0.192. The maximum atomic E-state index is 5.06. The Morgan fingerprint density at radius 1 is 1.15 bits per heavy atom. The first-order valence-electron chi connectivity index (χ1n) is 7.55. The third kappa shape index (κ3) is 4.07. The number of hydrogen-bond acceptors (Lipinski definition) is 5. The number of methoxy groups -OCH3 is 1. The molecule has 1 aliphatic carbocycles. The van der Waals surface area contributed by atoms with Gasteiger partial charge < -0.3 is 15.4 Å². The summed E-state index contributed by atoms with van der Waals surface area (Å²) in [4.78, 5) is 9.29. The number of unbranched alkanes of at least 4 members (excludes halogenated alkanes) is 2. The van der Waals surface area contributed by atoms with E-state index in [0.717, 1.165) is 49.0 Å². The molecule has 1 aromatic heterocycles. The molecule has 0 atom stereocenters. The van der Waals surface area contributed by atoms with Gasteiger partial charge in [-0.15, -0.1) is 0 Å². The van der Waals surface area contributed by atoms with Crippen LogP contribution in [0.25, 0.3) is 0 Å². The summed E-state index contributed by atoms with van der Waals surface area (Å²) in [6.45, 7) is 3.87. The fourth-order valence-corrected chi connectivity index (χ4v) is 2.23. The zero-order valence-electron chi connectivity index (χ0n) is 12.8. The Morgan fingerprint density at radius 3 is 2.55 bits per heavy atom.